The molecule has 0 aromatic heterocycles. The normalized spacial score (nSPS) is 18.5. The predicted molar refractivity (Wildman–Crippen MR) is 108 cm³/mol. The first-order valence-electron chi connectivity index (χ1n) is 9.45. The summed E-state index contributed by atoms with van der Waals surface area (Å²) in [5.41, 5.74) is 0.601. The SMILES string of the molecule is Oc1cc(O)c2c(c1)OC(c1ccc(O)c(O)c1)C(OC(O)c1cc(O)c(O)c(O)c1)C2. The zero-order chi connectivity index (χ0) is 23.2. The van der Waals surface area contributed by atoms with Gasteiger partial charge in [-0.1, -0.05) is 6.07 Å². The highest BCUT2D eigenvalue weighted by Crippen LogP contribution is 2.45. The lowest BCUT2D eigenvalue weighted by molar-refractivity contribution is -0.169. The number of benzene rings is 3. The van der Waals surface area contributed by atoms with E-state index in [2.05, 4.69) is 0 Å². The van der Waals surface area contributed by atoms with Crippen molar-refractivity contribution in [3.8, 4) is 46.0 Å². The highest BCUT2D eigenvalue weighted by molar-refractivity contribution is 5.53. The molecule has 0 saturated heterocycles. The van der Waals surface area contributed by atoms with Crippen LogP contribution >= 0.6 is 0 Å². The third kappa shape index (κ3) is 3.84. The predicted octanol–water partition coefficient (Wildman–Crippen LogP) is 2.38. The van der Waals surface area contributed by atoms with Crippen LogP contribution in [0.5, 0.6) is 46.0 Å². The first-order valence-corrected chi connectivity index (χ1v) is 9.45. The molecule has 32 heavy (non-hydrogen) atoms. The Bertz CT molecular complexity index is 1150. The molecular formula is C22H20O10. The summed E-state index contributed by atoms with van der Waals surface area (Å²) in [5.74, 6) is -3.18. The van der Waals surface area contributed by atoms with Crippen LogP contribution in [0.1, 0.15) is 29.1 Å². The van der Waals surface area contributed by atoms with Crippen LogP contribution in [0.15, 0.2) is 42.5 Å². The Morgan fingerprint density at radius 3 is 2.12 bits per heavy atom. The Hall–Kier alpha value is -4.02. The number of hydrogen-bond acceptors (Lipinski definition) is 10. The summed E-state index contributed by atoms with van der Waals surface area (Å²) < 4.78 is 11.6. The third-order valence-electron chi connectivity index (χ3n) is 5.18. The molecule has 10 heteroatoms. The second kappa shape index (κ2) is 7.91. The molecule has 8 N–H and O–H groups in total. The van der Waals surface area contributed by atoms with Gasteiger partial charge in [0, 0.05) is 29.7 Å². The number of phenolic OH excluding ortho intramolecular Hbond substituents is 7. The van der Waals surface area contributed by atoms with E-state index in [1.165, 1.54) is 24.3 Å². The Balaban J connectivity index is 1.71. The van der Waals surface area contributed by atoms with E-state index < -0.39 is 41.5 Å². The molecule has 1 heterocycles. The van der Waals surface area contributed by atoms with E-state index in [9.17, 15) is 40.9 Å². The van der Waals surface area contributed by atoms with Crippen LogP contribution in [-0.4, -0.2) is 47.0 Å². The summed E-state index contributed by atoms with van der Waals surface area (Å²) in [5, 5.41) is 79.0. The van der Waals surface area contributed by atoms with Gasteiger partial charge in [-0.15, -0.1) is 0 Å². The van der Waals surface area contributed by atoms with Crippen molar-refractivity contribution in [2.75, 3.05) is 0 Å². The second-order valence-corrected chi connectivity index (χ2v) is 7.37. The van der Waals surface area contributed by atoms with Crippen LogP contribution in [0.2, 0.25) is 0 Å². The molecule has 3 aromatic rings. The van der Waals surface area contributed by atoms with Gasteiger partial charge in [0.05, 0.1) is 0 Å². The standard InChI is InChI=1S/C22H20O10/c23-11-6-14(25)12-8-19(32-22(30)10-4-16(27)20(29)17(28)5-10)21(31-18(12)7-11)9-1-2-13(24)15(26)3-9/h1-7,19,21-30H,8H2. The number of aliphatic hydroxyl groups excluding tert-OH is 1. The average molecular weight is 444 g/mol. The van der Waals surface area contributed by atoms with Crippen LogP contribution < -0.4 is 4.74 Å². The molecule has 0 aliphatic carbocycles. The van der Waals surface area contributed by atoms with Crippen LogP contribution in [0.3, 0.4) is 0 Å². The minimum absolute atomic E-state index is 0.0147. The topological polar surface area (TPSA) is 180 Å². The molecule has 0 spiro atoms. The number of phenols is 7. The smallest absolute Gasteiger partial charge is 0.200 e. The fourth-order valence-corrected chi connectivity index (χ4v) is 3.58. The Morgan fingerprint density at radius 2 is 1.47 bits per heavy atom. The summed E-state index contributed by atoms with van der Waals surface area (Å²) in [4.78, 5) is 0. The maximum atomic E-state index is 10.6. The largest absolute Gasteiger partial charge is 0.508 e. The fraction of sp³-hybridized carbons (Fsp3) is 0.182. The Labute approximate surface area is 181 Å². The number of aliphatic hydroxyl groups is 1. The van der Waals surface area contributed by atoms with Crippen molar-refractivity contribution in [2.45, 2.75) is 24.9 Å². The number of ether oxygens (including phenoxy) is 2. The molecule has 0 bridgehead atoms. The van der Waals surface area contributed by atoms with Crippen molar-refractivity contribution in [3.05, 3.63) is 59.2 Å². The van der Waals surface area contributed by atoms with Gasteiger partial charge in [0.25, 0.3) is 0 Å². The van der Waals surface area contributed by atoms with Gasteiger partial charge in [-0.25, -0.2) is 0 Å². The van der Waals surface area contributed by atoms with E-state index in [0.29, 0.717) is 11.1 Å². The molecule has 1 aliphatic heterocycles. The number of hydrogen-bond donors (Lipinski definition) is 8. The molecule has 0 radical (unpaired) electrons. The molecule has 10 nitrogen and oxygen atoms in total. The minimum atomic E-state index is -1.69. The molecule has 3 atom stereocenters. The lowest BCUT2D eigenvalue weighted by Crippen LogP contribution is -2.34. The maximum Gasteiger partial charge on any atom is 0.200 e. The maximum absolute atomic E-state index is 10.6. The number of fused-ring (bicyclic) bond motifs is 1. The van der Waals surface area contributed by atoms with Crippen molar-refractivity contribution in [2.24, 2.45) is 0 Å². The number of rotatable bonds is 4. The minimum Gasteiger partial charge on any atom is -0.508 e. The quantitative estimate of drug-likeness (QED) is 0.220. The lowest BCUT2D eigenvalue weighted by Gasteiger charge is -2.35. The van der Waals surface area contributed by atoms with E-state index in [1.54, 1.807) is 0 Å². The summed E-state index contributed by atoms with van der Waals surface area (Å²) in [6.45, 7) is 0. The first kappa shape index (κ1) is 21.2. The zero-order valence-electron chi connectivity index (χ0n) is 16.4. The van der Waals surface area contributed by atoms with E-state index in [-0.39, 0.29) is 35.0 Å². The van der Waals surface area contributed by atoms with Crippen LogP contribution in [0.4, 0.5) is 0 Å². The second-order valence-electron chi connectivity index (χ2n) is 7.37. The summed E-state index contributed by atoms with van der Waals surface area (Å²) >= 11 is 0. The third-order valence-corrected chi connectivity index (χ3v) is 5.18. The lowest BCUT2D eigenvalue weighted by atomic mass is 9.93. The van der Waals surface area contributed by atoms with Gasteiger partial charge in [-0.05, 0) is 29.8 Å². The summed E-state index contributed by atoms with van der Waals surface area (Å²) in [7, 11) is 0. The van der Waals surface area contributed by atoms with Crippen molar-refractivity contribution >= 4 is 0 Å². The van der Waals surface area contributed by atoms with Crippen molar-refractivity contribution in [3.63, 3.8) is 0 Å². The van der Waals surface area contributed by atoms with E-state index in [1.807, 2.05) is 0 Å². The molecule has 3 unspecified atom stereocenters. The van der Waals surface area contributed by atoms with Crippen LogP contribution in [0, 0.1) is 0 Å². The molecular weight excluding hydrogens is 424 g/mol. The highest BCUT2D eigenvalue weighted by Gasteiger charge is 2.36. The molecule has 0 fully saturated rings. The van der Waals surface area contributed by atoms with Gasteiger partial charge in [0.1, 0.15) is 23.4 Å². The van der Waals surface area contributed by atoms with Gasteiger partial charge in [-0.3, -0.25) is 0 Å². The molecule has 3 aromatic carbocycles. The van der Waals surface area contributed by atoms with Crippen molar-refractivity contribution < 1.29 is 50.3 Å². The average Bonchev–Trinajstić information content (AvgIpc) is 2.73. The van der Waals surface area contributed by atoms with Crippen molar-refractivity contribution in [1.29, 1.82) is 0 Å². The fourth-order valence-electron chi connectivity index (χ4n) is 3.58. The molecule has 0 amide bonds. The van der Waals surface area contributed by atoms with Crippen LogP contribution in [-0.2, 0) is 11.2 Å². The first-order chi connectivity index (χ1) is 15.1. The van der Waals surface area contributed by atoms with Crippen LogP contribution in [0.25, 0.3) is 0 Å². The van der Waals surface area contributed by atoms with E-state index in [0.717, 1.165) is 18.2 Å². The van der Waals surface area contributed by atoms with Gasteiger partial charge >= 0.3 is 0 Å². The summed E-state index contributed by atoms with van der Waals surface area (Å²) in [6.07, 6.45) is -3.59. The molecule has 4 rings (SSSR count). The van der Waals surface area contributed by atoms with Gasteiger partial charge in [0.2, 0.25) is 0 Å². The molecule has 168 valence electrons. The Kier molecular flexibility index (Phi) is 5.25. The zero-order valence-corrected chi connectivity index (χ0v) is 16.4. The molecule has 1 aliphatic rings. The van der Waals surface area contributed by atoms with Crippen molar-refractivity contribution in [1.82, 2.24) is 0 Å². The number of aromatic hydroxyl groups is 7. The van der Waals surface area contributed by atoms with Gasteiger partial charge < -0.3 is 50.3 Å². The Morgan fingerprint density at radius 1 is 0.781 bits per heavy atom. The van der Waals surface area contributed by atoms with E-state index in [4.69, 9.17) is 9.47 Å². The highest BCUT2D eigenvalue weighted by atomic mass is 16.6. The summed E-state index contributed by atoms with van der Waals surface area (Å²) in [6, 6.07) is 8.39. The molecule has 0 saturated carbocycles. The van der Waals surface area contributed by atoms with E-state index >= 15 is 0 Å². The van der Waals surface area contributed by atoms with Gasteiger partial charge in [0.15, 0.2) is 41.1 Å². The van der Waals surface area contributed by atoms with Gasteiger partial charge in [-0.2, -0.15) is 0 Å². The monoisotopic (exact) mass is 444 g/mol.